The summed E-state index contributed by atoms with van der Waals surface area (Å²) in [7, 11) is 0. The third-order valence-electron chi connectivity index (χ3n) is 3.77. The highest BCUT2D eigenvalue weighted by atomic mass is 16.6. The minimum absolute atomic E-state index is 0.0193. The van der Waals surface area contributed by atoms with Crippen LogP contribution in [0, 0.1) is 0 Å². The second-order valence-corrected chi connectivity index (χ2v) is 5.62. The molecular formula is C19H30O4. The number of benzene rings is 1. The first-order chi connectivity index (χ1) is 11.2. The molecule has 0 bridgehead atoms. The van der Waals surface area contributed by atoms with E-state index >= 15 is 0 Å². The summed E-state index contributed by atoms with van der Waals surface area (Å²) in [6, 6.07) is 5.93. The van der Waals surface area contributed by atoms with Crippen molar-refractivity contribution >= 4 is 5.97 Å². The van der Waals surface area contributed by atoms with E-state index in [1.807, 2.05) is 12.1 Å². The SMILES string of the molecule is CCCCc1cccc(C(=O)OCCOCCO)c1CCCC. The van der Waals surface area contributed by atoms with Crippen molar-refractivity contribution in [2.45, 2.75) is 52.4 Å². The van der Waals surface area contributed by atoms with Crippen molar-refractivity contribution in [3.63, 3.8) is 0 Å². The lowest BCUT2D eigenvalue weighted by atomic mass is 9.93. The number of aryl methyl sites for hydroxylation is 1. The van der Waals surface area contributed by atoms with E-state index in [4.69, 9.17) is 14.6 Å². The van der Waals surface area contributed by atoms with Gasteiger partial charge in [-0.15, -0.1) is 0 Å². The molecule has 0 radical (unpaired) electrons. The van der Waals surface area contributed by atoms with Crippen LogP contribution in [0.5, 0.6) is 0 Å². The van der Waals surface area contributed by atoms with Gasteiger partial charge in [-0.3, -0.25) is 0 Å². The molecule has 0 atom stereocenters. The number of ether oxygens (including phenoxy) is 2. The van der Waals surface area contributed by atoms with Gasteiger partial charge >= 0.3 is 5.97 Å². The van der Waals surface area contributed by atoms with E-state index < -0.39 is 0 Å². The van der Waals surface area contributed by atoms with Crippen LogP contribution in [-0.2, 0) is 22.3 Å². The maximum atomic E-state index is 12.4. The van der Waals surface area contributed by atoms with Gasteiger partial charge in [0.2, 0.25) is 0 Å². The maximum Gasteiger partial charge on any atom is 0.338 e. The van der Waals surface area contributed by atoms with Crippen molar-refractivity contribution in [2.24, 2.45) is 0 Å². The summed E-state index contributed by atoms with van der Waals surface area (Å²) in [5.74, 6) is -0.276. The number of esters is 1. The molecule has 23 heavy (non-hydrogen) atoms. The molecule has 0 aliphatic carbocycles. The Bertz CT molecular complexity index is 457. The van der Waals surface area contributed by atoms with Crippen LogP contribution in [0.4, 0.5) is 0 Å². The average molecular weight is 322 g/mol. The fraction of sp³-hybridized carbons (Fsp3) is 0.632. The number of aliphatic hydroxyl groups excluding tert-OH is 1. The molecule has 1 N–H and O–H groups in total. The average Bonchev–Trinajstić information content (AvgIpc) is 2.57. The fourth-order valence-electron chi connectivity index (χ4n) is 2.51. The molecule has 0 amide bonds. The van der Waals surface area contributed by atoms with Crippen molar-refractivity contribution in [2.75, 3.05) is 26.4 Å². The molecule has 0 aliphatic rings. The lowest BCUT2D eigenvalue weighted by Gasteiger charge is -2.14. The van der Waals surface area contributed by atoms with Crippen LogP contribution in [0.2, 0.25) is 0 Å². The number of hydrogen-bond acceptors (Lipinski definition) is 4. The quantitative estimate of drug-likeness (QED) is 0.472. The van der Waals surface area contributed by atoms with E-state index in [1.54, 1.807) is 0 Å². The highest BCUT2D eigenvalue weighted by molar-refractivity contribution is 5.91. The Morgan fingerprint density at radius 2 is 1.78 bits per heavy atom. The zero-order valence-electron chi connectivity index (χ0n) is 14.5. The molecule has 0 heterocycles. The molecule has 1 rings (SSSR count). The molecule has 0 fully saturated rings. The summed E-state index contributed by atoms with van der Waals surface area (Å²) in [5.41, 5.74) is 3.10. The molecule has 0 saturated carbocycles. The molecule has 0 aromatic heterocycles. The molecule has 4 heteroatoms. The Labute approximate surface area is 139 Å². The Morgan fingerprint density at radius 3 is 2.48 bits per heavy atom. The first-order valence-electron chi connectivity index (χ1n) is 8.71. The van der Waals surface area contributed by atoms with Gasteiger partial charge in [-0.1, -0.05) is 38.8 Å². The van der Waals surface area contributed by atoms with E-state index in [9.17, 15) is 4.79 Å². The predicted molar refractivity (Wildman–Crippen MR) is 91.9 cm³/mol. The topological polar surface area (TPSA) is 55.8 Å². The summed E-state index contributed by atoms with van der Waals surface area (Å²) in [6.07, 6.45) is 6.38. The highest BCUT2D eigenvalue weighted by Gasteiger charge is 2.15. The molecular weight excluding hydrogens is 292 g/mol. The van der Waals surface area contributed by atoms with Crippen molar-refractivity contribution in [3.05, 3.63) is 34.9 Å². The lowest BCUT2D eigenvalue weighted by Crippen LogP contribution is -2.14. The predicted octanol–water partition coefficient (Wildman–Crippen LogP) is 3.54. The van der Waals surface area contributed by atoms with Gasteiger partial charge in [0.1, 0.15) is 6.61 Å². The Balaban J connectivity index is 2.75. The number of carbonyl (C=O) groups excluding carboxylic acids is 1. The highest BCUT2D eigenvalue weighted by Crippen LogP contribution is 2.21. The third kappa shape index (κ3) is 7.14. The van der Waals surface area contributed by atoms with Gasteiger partial charge in [-0.2, -0.15) is 0 Å². The molecule has 4 nitrogen and oxygen atoms in total. The van der Waals surface area contributed by atoms with Gasteiger partial charge in [-0.05, 0) is 42.9 Å². The van der Waals surface area contributed by atoms with E-state index in [1.165, 1.54) is 5.56 Å². The van der Waals surface area contributed by atoms with Gasteiger partial charge in [0.25, 0.3) is 0 Å². The van der Waals surface area contributed by atoms with Crippen LogP contribution in [0.3, 0.4) is 0 Å². The van der Waals surface area contributed by atoms with Gasteiger partial charge in [0.05, 0.1) is 25.4 Å². The van der Waals surface area contributed by atoms with E-state index in [-0.39, 0.29) is 25.8 Å². The van der Waals surface area contributed by atoms with Crippen molar-refractivity contribution < 1.29 is 19.4 Å². The van der Waals surface area contributed by atoms with E-state index in [2.05, 4.69) is 19.9 Å². The van der Waals surface area contributed by atoms with Crippen LogP contribution in [0.25, 0.3) is 0 Å². The van der Waals surface area contributed by atoms with Crippen molar-refractivity contribution in [1.29, 1.82) is 0 Å². The maximum absolute atomic E-state index is 12.4. The number of carbonyl (C=O) groups is 1. The Kier molecular flexibility index (Phi) is 10.3. The zero-order chi connectivity index (χ0) is 16.9. The molecule has 130 valence electrons. The summed E-state index contributed by atoms with van der Waals surface area (Å²) in [5, 5.41) is 8.64. The van der Waals surface area contributed by atoms with E-state index in [0.717, 1.165) is 44.1 Å². The second kappa shape index (κ2) is 12.1. The minimum Gasteiger partial charge on any atom is -0.460 e. The summed E-state index contributed by atoms with van der Waals surface area (Å²) < 4.78 is 10.4. The molecule has 0 spiro atoms. The Morgan fingerprint density at radius 1 is 1.04 bits per heavy atom. The number of unbranched alkanes of at least 4 members (excludes halogenated alkanes) is 2. The molecule has 1 aromatic rings. The molecule has 1 aromatic carbocycles. The molecule has 0 saturated heterocycles. The number of aliphatic hydroxyl groups is 1. The van der Waals surface area contributed by atoms with Crippen LogP contribution >= 0.6 is 0 Å². The van der Waals surface area contributed by atoms with Crippen LogP contribution in [0.15, 0.2) is 18.2 Å². The van der Waals surface area contributed by atoms with Gasteiger partial charge in [0.15, 0.2) is 0 Å². The summed E-state index contributed by atoms with van der Waals surface area (Å²) >= 11 is 0. The zero-order valence-corrected chi connectivity index (χ0v) is 14.5. The fourth-order valence-corrected chi connectivity index (χ4v) is 2.51. The lowest BCUT2D eigenvalue weighted by molar-refractivity contribution is 0.0257. The second-order valence-electron chi connectivity index (χ2n) is 5.62. The first kappa shape index (κ1) is 19.7. The minimum atomic E-state index is -0.276. The van der Waals surface area contributed by atoms with Gasteiger partial charge in [-0.25, -0.2) is 4.79 Å². The van der Waals surface area contributed by atoms with E-state index in [0.29, 0.717) is 12.2 Å². The van der Waals surface area contributed by atoms with Crippen LogP contribution in [-0.4, -0.2) is 37.5 Å². The smallest absolute Gasteiger partial charge is 0.338 e. The van der Waals surface area contributed by atoms with Crippen molar-refractivity contribution in [3.8, 4) is 0 Å². The number of hydrogen-bond donors (Lipinski definition) is 1. The standard InChI is InChI=1S/C19H30O4/c1-3-5-8-16-9-7-11-18(17(16)10-6-4-2)19(21)23-15-14-22-13-12-20/h7,9,11,20H,3-6,8,10,12-15H2,1-2H3. The first-order valence-corrected chi connectivity index (χ1v) is 8.71. The summed E-state index contributed by atoms with van der Waals surface area (Å²) in [4.78, 5) is 12.4. The Hall–Kier alpha value is -1.39. The summed E-state index contributed by atoms with van der Waals surface area (Å²) in [6.45, 7) is 5.11. The van der Waals surface area contributed by atoms with Crippen LogP contribution in [0.1, 0.15) is 61.0 Å². The molecule has 0 unspecified atom stereocenters. The van der Waals surface area contributed by atoms with Crippen LogP contribution < -0.4 is 0 Å². The van der Waals surface area contributed by atoms with Gasteiger partial charge in [0, 0.05) is 0 Å². The normalized spacial score (nSPS) is 10.7. The van der Waals surface area contributed by atoms with Crippen molar-refractivity contribution in [1.82, 2.24) is 0 Å². The third-order valence-corrected chi connectivity index (χ3v) is 3.77. The molecule has 0 aliphatic heterocycles. The number of rotatable bonds is 12. The van der Waals surface area contributed by atoms with Gasteiger partial charge < -0.3 is 14.6 Å². The largest absolute Gasteiger partial charge is 0.460 e. The monoisotopic (exact) mass is 322 g/mol.